The number of benzene rings is 3. The van der Waals surface area contributed by atoms with Crippen LogP contribution >= 0.6 is 0 Å². The molecule has 3 aliphatic rings. The molecule has 3 aliphatic heterocycles. The summed E-state index contributed by atoms with van der Waals surface area (Å²) in [4.78, 5) is 23.0. The lowest BCUT2D eigenvalue weighted by Crippen LogP contribution is -2.37. The molecule has 0 aliphatic carbocycles. The SMILES string of the molecule is CNC(=O)OC.CO.C[C@@]12CCC[C@@H](O1)n1c3ccccc3c3c4c(c5c6ccccc6n2c5c31)CNC4=O.[HH]. The summed E-state index contributed by atoms with van der Waals surface area (Å²) in [6.07, 6.45) is 2.63. The monoisotopic (exact) mass is 530 g/mol. The predicted molar refractivity (Wildman–Crippen MR) is 153 cm³/mol. The third-order valence-electron chi connectivity index (χ3n) is 8.15. The van der Waals surface area contributed by atoms with Gasteiger partial charge in [0.25, 0.3) is 5.91 Å². The second kappa shape index (κ2) is 9.29. The molecule has 3 N–H and O–H groups in total. The average Bonchev–Trinajstić information content (AvgIpc) is 3.62. The van der Waals surface area contributed by atoms with Gasteiger partial charge in [-0.2, -0.15) is 0 Å². The summed E-state index contributed by atoms with van der Waals surface area (Å²) in [6.45, 7) is 2.82. The highest BCUT2D eigenvalue weighted by molar-refractivity contribution is 6.30. The van der Waals surface area contributed by atoms with Crippen molar-refractivity contribution in [2.24, 2.45) is 0 Å². The van der Waals surface area contributed by atoms with Gasteiger partial charge in [-0.25, -0.2) is 4.79 Å². The van der Waals surface area contributed by atoms with E-state index in [1.165, 1.54) is 36.0 Å². The average molecular weight is 531 g/mol. The van der Waals surface area contributed by atoms with Crippen molar-refractivity contribution in [1.29, 1.82) is 0 Å². The van der Waals surface area contributed by atoms with E-state index < -0.39 is 11.8 Å². The van der Waals surface area contributed by atoms with E-state index in [0.717, 1.165) is 59.3 Å². The van der Waals surface area contributed by atoms with E-state index in [4.69, 9.17) is 9.84 Å². The van der Waals surface area contributed by atoms with E-state index in [2.05, 4.69) is 80.0 Å². The number of aromatic nitrogens is 2. The molecule has 0 saturated carbocycles. The largest absolute Gasteiger partial charge is 0.453 e. The van der Waals surface area contributed by atoms with Gasteiger partial charge in [0, 0.05) is 43.7 Å². The molecule has 2 aromatic heterocycles. The number of para-hydroxylation sites is 2. The summed E-state index contributed by atoms with van der Waals surface area (Å²) in [5.74, 6) is 0.0379. The van der Waals surface area contributed by atoms with Crippen LogP contribution in [0.1, 0.15) is 49.8 Å². The normalized spacial score (nSPS) is 20.6. The zero-order valence-electron chi connectivity index (χ0n) is 22.5. The molecule has 0 spiro atoms. The van der Waals surface area contributed by atoms with E-state index in [9.17, 15) is 9.59 Å². The quantitative estimate of drug-likeness (QED) is 0.250. The number of rotatable bonds is 0. The summed E-state index contributed by atoms with van der Waals surface area (Å²) < 4.78 is 15.9. The van der Waals surface area contributed by atoms with Crippen LogP contribution in [-0.4, -0.2) is 47.5 Å². The van der Waals surface area contributed by atoms with E-state index >= 15 is 0 Å². The lowest BCUT2D eigenvalue weighted by molar-refractivity contribution is -0.186. The molecule has 2 atom stereocenters. The molecule has 0 radical (unpaired) electrons. The highest BCUT2D eigenvalue weighted by atomic mass is 16.5. The fourth-order valence-electron chi connectivity index (χ4n) is 6.73. The predicted octanol–water partition coefficient (Wildman–Crippen LogP) is 5.36. The Morgan fingerprint density at radius 1 is 1.10 bits per heavy atom. The number of alkyl carbamates (subject to hydrolysis) is 1. The fraction of sp³-hybridized carbons (Fsp3) is 0.333. The molecule has 1 fully saturated rings. The molecular weight excluding hydrogens is 496 g/mol. The Hall–Kier alpha value is -4.08. The third-order valence-corrected chi connectivity index (χ3v) is 8.15. The number of hydrogen-bond donors (Lipinski definition) is 3. The van der Waals surface area contributed by atoms with E-state index in [0.29, 0.717) is 6.54 Å². The number of hydrogen-bond acceptors (Lipinski definition) is 5. The van der Waals surface area contributed by atoms with Crippen molar-refractivity contribution in [1.82, 2.24) is 19.8 Å². The first kappa shape index (κ1) is 25.2. The number of nitrogens with one attached hydrogen (secondary N) is 2. The van der Waals surface area contributed by atoms with Crippen LogP contribution in [0.25, 0.3) is 43.6 Å². The summed E-state index contributed by atoms with van der Waals surface area (Å²) >= 11 is 0. The van der Waals surface area contributed by atoms with E-state index in [1.54, 1.807) is 0 Å². The second-order valence-corrected chi connectivity index (χ2v) is 10.1. The molecule has 0 unspecified atom stereocenters. The van der Waals surface area contributed by atoms with Crippen LogP contribution < -0.4 is 10.6 Å². The topological polar surface area (TPSA) is 107 Å². The van der Waals surface area contributed by atoms with E-state index in [-0.39, 0.29) is 13.6 Å². The molecule has 3 aromatic carbocycles. The third kappa shape index (κ3) is 3.39. The Bertz CT molecular complexity index is 1790. The summed E-state index contributed by atoms with van der Waals surface area (Å²) in [6, 6.07) is 17.1. The zero-order valence-corrected chi connectivity index (χ0v) is 22.5. The van der Waals surface area contributed by atoms with Crippen LogP contribution in [0, 0.1) is 0 Å². The van der Waals surface area contributed by atoms with Gasteiger partial charge in [-0.05, 0) is 43.9 Å². The molecule has 204 valence electrons. The van der Waals surface area contributed by atoms with Crippen LogP contribution in [0.2, 0.25) is 0 Å². The lowest BCUT2D eigenvalue weighted by Gasteiger charge is -2.39. The number of nitrogens with zero attached hydrogens (tertiary/aromatic N) is 2. The minimum atomic E-state index is -0.415. The Morgan fingerprint density at radius 3 is 2.44 bits per heavy atom. The Kier molecular flexibility index (Phi) is 6.00. The number of carbonyl (C=O) groups is 2. The molecule has 39 heavy (non-hydrogen) atoms. The maximum atomic E-state index is 13.2. The van der Waals surface area contributed by atoms with Crippen molar-refractivity contribution in [2.45, 2.75) is 44.7 Å². The molecule has 2 bridgehead atoms. The van der Waals surface area contributed by atoms with Crippen LogP contribution in [0.15, 0.2) is 48.5 Å². The molecule has 8 rings (SSSR count). The van der Waals surface area contributed by atoms with Gasteiger partial charge >= 0.3 is 6.09 Å². The number of aliphatic hydroxyl groups excluding tert-OH is 1. The van der Waals surface area contributed by atoms with Gasteiger partial charge in [0.05, 0.1) is 34.7 Å². The van der Waals surface area contributed by atoms with Crippen molar-refractivity contribution in [2.75, 3.05) is 21.3 Å². The maximum Gasteiger partial charge on any atom is 0.406 e. The number of carbonyl (C=O) groups excluding carboxylic acids is 2. The Balaban J connectivity index is 0.000000322. The Morgan fingerprint density at radius 2 is 1.77 bits per heavy atom. The fourth-order valence-corrected chi connectivity index (χ4v) is 6.73. The molecule has 9 heteroatoms. The number of methoxy groups -OCH3 is 1. The summed E-state index contributed by atoms with van der Waals surface area (Å²) in [5, 5.41) is 17.0. The smallest absolute Gasteiger partial charge is 0.406 e. The van der Waals surface area contributed by atoms with Gasteiger partial charge in [-0.15, -0.1) is 0 Å². The van der Waals surface area contributed by atoms with E-state index in [1.807, 2.05) is 0 Å². The van der Waals surface area contributed by atoms with Crippen LogP contribution in [0.4, 0.5) is 4.79 Å². The van der Waals surface area contributed by atoms with Crippen LogP contribution in [0.3, 0.4) is 0 Å². The lowest BCUT2D eigenvalue weighted by atomic mass is 9.97. The highest BCUT2D eigenvalue weighted by Crippen LogP contribution is 2.53. The number of fused-ring (bicyclic) bond motifs is 13. The number of ether oxygens (including phenoxy) is 2. The summed E-state index contributed by atoms with van der Waals surface area (Å²) in [5.41, 5.74) is 6.27. The van der Waals surface area contributed by atoms with Gasteiger partial charge < -0.3 is 34.3 Å². The van der Waals surface area contributed by atoms with Crippen molar-refractivity contribution in [3.63, 3.8) is 0 Å². The first-order valence-electron chi connectivity index (χ1n) is 13.2. The zero-order chi connectivity index (χ0) is 27.5. The highest BCUT2D eigenvalue weighted by Gasteiger charge is 2.43. The van der Waals surface area contributed by atoms with Crippen molar-refractivity contribution in [3.05, 3.63) is 59.7 Å². The molecule has 2 amide bonds. The van der Waals surface area contributed by atoms with Gasteiger partial charge in [0.2, 0.25) is 0 Å². The maximum absolute atomic E-state index is 13.2. The molecule has 5 aromatic rings. The minimum absolute atomic E-state index is 0. The van der Waals surface area contributed by atoms with Gasteiger partial charge in [0.1, 0.15) is 12.0 Å². The van der Waals surface area contributed by atoms with Gasteiger partial charge in [0.15, 0.2) is 0 Å². The number of amides is 2. The standard InChI is InChI=1S/C26H21N3O2.C3H7NO2.CH4O.H2/c1-26-12-6-11-19(31-26)28-17-9-4-2-7-14(17)21-22-16(13-27-25(22)30)20-15-8-3-5-10-18(15)29(26)24(20)23(21)28;1-4-3(5)6-2;1-2;/h2-5,7-10,19H,6,11-13H2,1H3,(H,27,30);1-2H3,(H,4,5);2H,1H3;1H/t19-,26+;;;/m1.../s1. The molecule has 1 saturated heterocycles. The van der Waals surface area contributed by atoms with Crippen molar-refractivity contribution >= 4 is 55.6 Å². The van der Waals surface area contributed by atoms with Crippen LogP contribution in [-0.2, 0) is 21.7 Å². The first-order valence-corrected chi connectivity index (χ1v) is 13.2. The minimum Gasteiger partial charge on any atom is -0.453 e. The van der Waals surface area contributed by atoms with Gasteiger partial charge in [-0.3, -0.25) is 4.79 Å². The molecule has 5 heterocycles. The first-order chi connectivity index (χ1) is 19.0. The van der Waals surface area contributed by atoms with Crippen molar-refractivity contribution in [3.8, 4) is 0 Å². The molecular formula is C30H34N4O5. The Labute approximate surface area is 226 Å². The summed E-state index contributed by atoms with van der Waals surface area (Å²) in [7, 11) is 3.82. The molecule has 9 nitrogen and oxygen atoms in total. The van der Waals surface area contributed by atoms with Crippen LogP contribution in [0.5, 0.6) is 0 Å². The van der Waals surface area contributed by atoms with Crippen molar-refractivity contribution < 1.29 is 25.6 Å². The number of aliphatic hydroxyl groups is 1. The second-order valence-electron chi connectivity index (χ2n) is 10.1. The van der Waals surface area contributed by atoms with Gasteiger partial charge in [-0.1, -0.05) is 36.4 Å².